The number of nitrogens with two attached hydrogens (primary N) is 1. The second-order valence-corrected chi connectivity index (χ2v) is 10.3. The number of aliphatic imine (C=N–C) groups is 1. The summed E-state index contributed by atoms with van der Waals surface area (Å²) in [7, 11) is -3.69. The van der Waals surface area contributed by atoms with Crippen LogP contribution in [0.15, 0.2) is 82.3 Å². The van der Waals surface area contributed by atoms with Gasteiger partial charge in [-0.05, 0) is 56.0 Å². The topological polar surface area (TPSA) is 92.8 Å². The van der Waals surface area contributed by atoms with Gasteiger partial charge >= 0.3 is 0 Å². The Labute approximate surface area is 186 Å². The number of nitrogens with zero attached hydrogens (tertiary/aromatic N) is 2. The first-order valence-corrected chi connectivity index (χ1v) is 12.4. The summed E-state index contributed by atoms with van der Waals surface area (Å²) < 4.78 is 23.1. The van der Waals surface area contributed by atoms with E-state index < -0.39 is 10.0 Å². The van der Waals surface area contributed by atoms with Crippen LogP contribution in [0.5, 0.6) is 0 Å². The SMILES string of the molecule is Cc1cccc(CC2SC(=NC3=CC=C(S(N)(=O)=O)CC3)N(c3ccccc3)C2=O)c1. The number of sulfonamides is 1. The van der Waals surface area contributed by atoms with E-state index in [0.717, 1.165) is 22.5 Å². The van der Waals surface area contributed by atoms with Crippen molar-refractivity contribution in [1.82, 2.24) is 0 Å². The summed E-state index contributed by atoms with van der Waals surface area (Å²) >= 11 is 1.44. The summed E-state index contributed by atoms with van der Waals surface area (Å²) in [6.45, 7) is 2.04. The molecule has 31 heavy (non-hydrogen) atoms. The smallest absolute Gasteiger partial charge is 0.247 e. The third kappa shape index (κ3) is 4.98. The second-order valence-electron chi connectivity index (χ2n) is 7.54. The molecule has 1 saturated heterocycles. The first-order chi connectivity index (χ1) is 14.8. The van der Waals surface area contributed by atoms with Gasteiger partial charge in [-0.3, -0.25) is 9.69 Å². The molecule has 2 aliphatic rings. The highest BCUT2D eigenvalue weighted by molar-refractivity contribution is 8.16. The molecule has 2 aromatic carbocycles. The van der Waals surface area contributed by atoms with Gasteiger partial charge in [-0.2, -0.15) is 0 Å². The second kappa shape index (κ2) is 8.82. The molecule has 0 radical (unpaired) electrons. The number of amides is 1. The highest BCUT2D eigenvalue weighted by Crippen LogP contribution is 2.35. The fourth-order valence-electron chi connectivity index (χ4n) is 3.60. The normalized spacial score (nSPS) is 20.7. The summed E-state index contributed by atoms with van der Waals surface area (Å²) in [5.41, 5.74) is 3.76. The molecule has 2 N–H and O–H groups in total. The van der Waals surface area contributed by atoms with Crippen LogP contribution in [0, 0.1) is 6.92 Å². The van der Waals surface area contributed by atoms with Crippen molar-refractivity contribution in [3.05, 3.63) is 88.5 Å². The lowest BCUT2D eigenvalue weighted by atomic mass is 10.1. The predicted octanol–water partition coefficient (Wildman–Crippen LogP) is 3.89. The Bertz CT molecular complexity index is 1200. The van der Waals surface area contributed by atoms with Gasteiger partial charge in [0.15, 0.2) is 5.17 Å². The van der Waals surface area contributed by atoms with Crippen LogP contribution in [0.3, 0.4) is 0 Å². The number of carbonyl (C=O) groups excluding carboxylic acids is 1. The van der Waals surface area contributed by atoms with Crippen molar-refractivity contribution in [3.63, 3.8) is 0 Å². The fourth-order valence-corrected chi connectivity index (χ4v) is 5.45. The molecule has 1 fully saturated rings. The van der Waals surface area contributed by atoms with Crippen LogP contribution in [-0.2, 0) is 21.2 Å². The van der Waals surface area contributed by atoms with Gasteiger partial charge in [0.2, 0.25) is 15.9 Å². The Morgan fingerprint density at radius 3 is 2.52 bits per heavy atom. The van der Waals surface area contributed by atoms with E-state index in [9.17, 15) is 13.2 Å². The molecule has 1 aliphatic carbocycles. The van der Waals surface area contributed by atoms with Gasteiger partial charge in [0.1, 0.15) is 0 Å². The minimum atomic E-state index is -3.69. The van der Waals surface area contributed by atoms with Crippen LogP contribution in [0.1, 0.15) is 24.0 Å². The maximum Gasteiger partial charge on any atom is 0.247 e. The van der Waals surface area contributed by atoms with E-state index in [1.54, 1.807) is 11.0 Å². The van der Waals surface area contributed by atoms with E-state index in [1.807, 2.05) is 55.5 Å². The molecule has 6 nitrogen and oxygen atoms in total. The minimum absolute atomic E-state index is 0.00590. The zero-order chi connectivity index (χ0) is 22.0. The molecule has 1 heterocycles. The summed E-state index contributed by atoms with van der Waals surface area (Å²) in [4.78, 5) is 19.9. The van der Waals surface area contributed by atoms with Crippen molar-refractivity contribution in [2.24, 2.45) is 10.1 Å². The van der Waals surface area contributed by atoms with Crippen LogP contribution in [0.2, 0.25) is 0 Å². The molecule has 1 unspecified atom stereocenters. The van der Waals surface area contributed by atoms with Gasteiger partial charge in [-0.1, -0.05) is 59.8 Å². The monoisotopic (exact) mass is 453 g/mol. The van der Waals surface area contributed by atoms with Crippen molar-refractivity contribution in [3.8, 4) is 0 Å². The van der Waals surface area contributed by atoms with E-state index in [1.165, 1.54) is 17.8 Å². The van der Waals surface area contributed by atoms with Gasteiger partial charge in [0.25, 0.3) is 0 Å². The summed E-state index contributed by atoms with van der Waals surface area (Å²) in [5.74, 6) is -0.00590. The largest absolute Gasteiger partial charge is 0.273 e. The number of para-hydroxylation sites is 1. The quantitative estimate of drug-likeness (QED) is 0.743. The number of primary sulfonamides is 1. The molecule has 1 aliphatic heterocycles. The predicted molar refractivity (Wildman–Crippen MR) is 126 cm³/mol. The number of benzene rings is 2. The Kier molecular flexibility index (Phi) is 6.13. The van der Waals surface area contributed by atoms with Crippen molar-refractivity contribution in [2.45, 2.75) is 31.4 Å². The number of hydrogen-bond donors (Lipinski definition) is 1. The maximum absolute atomic E-state index is 13.3. The number of anilines is 1. The first-order valence-electron chi connectivity index (χ1n) is 9.94. The number of carbonyl (C=O) groups is 1. The van der Waals surface area contributed by atoms with Gasteiger partial charge in [0, 0.05) is 5.70 Å². The van der Waals surface area contributed by atoms with Gasteiger partial charge in [0.05, 0.1) is 15.8 Å². The summed E-state index contributed by atoms with van der Waals surface area (Å²) in [6.07, 6.45) is 4.53. The molecule has 0 aromatic heterocycles. The van der Waals surface area contributed by atoms with Gasteiger partial charge in [-0.25, -0.2) is 18.5 Å². The van der Waals surface area contributed by atoms with E-state index in [2.05, 4.69) is 6.07 Å². The van der Waals surface area contributed by atoms with Crippen LogP contribution in [0.25, 0.3) is 0 Å². The molecular formula is C23H23N3O3S2. The lowest BCUT2D eigenvalue weighted by molar-refractivity contribution is -0.116. The number of hydrogen-bond acceptors (Lipinski definition) is 5. The van der Waals surface area contributed by atoms with Crippen molar-refractivity contribution in [2.75, 3.05) is 4.90 Å². The molecule has 1 amide bonds. The van der Waals surface area contributed by atoms with Gasteiger partial charge < -0.3 is 0 Å². The van der Waals surface area contributed by atoms with Crippen molar-refractivity contribution < 1.29 is 13.2 Å². The number of amidine groups is 1. The molecule has 1 atom stereocenters. The van der Waals surface area contributed by atoms with E-state index in [0.29, 0.717) is 24.4 Å². The summed E-state index contributed by atoms with van der Waals surface area (Å²) in [5, 5.41) is 5.55. The number of aryl methyl sites for hydroxylation is 1. The van der Waals surface area contributed by atoms with Crippen molar-refractivity contribution in [1.29, 1.82) is 0 Å². The molecule has 4 rings (SSSR count). The third-order valence-corrected chi connectivity index (χ3v) is 7.36. The minimum Gasteiger partial charge on any atom is -0.273 e. The van der Waals surface area contributed by atoms with Crippen LogP contribution < -0.4 is 10.0 Å². The Hall–Kier alpha value is -2.68. The highest BCUT2D eigenvalue weighted by Gasteiger charge is 2.39. The molecule has 0 bridgehead atoms. The molecular weight excluding hydrogens is 430 g/mol. The Balaban J connectivity index is 1.66. The van der Waals surface area contributed by atoms with E-state index >= 15 is 0 Å². The standard InChI is InChI=1S/C23H23N3O3S2/c1-16-6-5-7-17(14-16)15-21-22(27)26(19-8-3-2-4-9-19)23(30-21)25-18-10-12-20(13-11-18)31(24,28)29/h2-10,12,14,21H,11,13,15H2,1H3,(H2,24,28,29). The Morgan fingerprint density at radius 1 is 1.10 bits per heavy atom. The zero-order valence-electron chi connectivity index (χ0n) is 17.1. The maximum atomic E-state index is 13.3. The number of rotatable bonds is 5. The lowest BCUT2D eigenvalue weighted by Gasteiger charge is -2.17. The van der Waals surface area contributed by atoms with Crippen LogP contribution in [-0.4, -0.2) is 24.7 Å². The molecule has 160 valence electrons. The fraction of sp³-hybridized carbons (Fsp3) is 0.217. The van der Waals surface area contributed by atoms with Crippen LogP contribution >= 0.6 is 11.8 Å². The number of allylic oxidation sites excluding steroid dienone is 4. The van der Waals surface area contributed by atoms with Gasteiger partial charge in [-0.15, -0.1) is 0 Å². The van der Waals surface area contributed by atoms with Crippen LogP contribution in [0.4, 0.5) is 5.69 Å². The van der Waals surface area contributed by atoms with E-state index in [-0.39, 0.29) is 16.1 Å². The average molecular weight is 454 g/mol. The highest BCUT2D eigenvalue weighted by atomic mass is 32.2. The van der Waals surface area contributed by atoms with Crippen molar-refractivity contribution >= 4 is 38.5 Å². The Morgan fingerprint density at radius 2 is 1.87 bits per heavy atom. The average Bonchev–Trinajstić information content (AvgIpc) is 3.03. The molecule has 0 saturated carbocycles. The molecule has 0 spiro atoms. The third-order valence-electron chi connectivity index (χ3n) is 5.15. The number of thioether (sulfide) groups is 1. The molecule has 2 aromatic rings. The summed E-state index contributed by atoms with van der Waals surface area (Å²) in [6, 6.07) is 17.6. The first kappa shape index (κ1) is 21.5. The molecule has 8 heteroatoms. The lowest BCUT2D eigenvalue weighted by Crippen LogP contribution is -2.32. The van der Waals surface area contributed by atoms with E-state index in [4.69, 9.17) is 10.1 Å². The zero-order valence-corrected chi connectivity index (χ0v) is 18.7.